The van der Waals surface area contributed by atoms with Gasteiger partial charge >= 0.3 is 6.18 Å². The lowest BCUT2D eigenvalue weighted by Gasteiger charge is -2.02. The van der Waals surface area contributed by atoms with Crippen molar-refractivity contribution in [3.8, 4) is 0 Å². The Bertz CT molecular complexity index is 152. The first-order chi connectivity index (χ1) is 6.56. The molecule has 0 aromatic carbocycles. The molecule has 0 unspecified atom stereocenters. The predicted octanol–water partition coefficient (Wildman–Crippen LogP) is 3.27. The molecular formula is C10H18F3N. The van der Waals surface area contributed by atoms with Crippen molar-refractivity contribution in [2.45, 2.75) is 38.8 Å². The van der Waals surface area contributed by atoms with Crippen molar-refractivity contribution in [3.63, 3.8) is 0 Å². The van der Waals surface area contributed by atoms with Gasteiger partial charge in [-0.25, -0.2) is 0 Å². The van der Waals surface area contributed by atoms with Gasteiger partial charge in [0.2, 0.25) is 0 Å². The van der Waals surface area contributed by atoms with Gasteiger partial charge in [0.25, 0.3) is 0 Å². The molecule has 0 fully saturated rings. The van der Waals surface area contributed by atoms with E-state index in [2.05, 4.69) is 12.2 Å². The first-order valence-corrected chi connectivity index (χ1v) is 4.98. The summed E-state index contributed by atoms with van der Waals surface area (Å²) in [7, 11) is 0. The molecule has 0 saturated carbocycles. The molecule has 0 aromatic rings. The third-order valence-electron chi connectivity index (χ3n) is 1.68. The molecule has 84 valence electrons. The molecule has 0 heterocycles. The highest BCUT2D eigenvalue weighted by Crippen LogP contribution is 2.21. The van der Waals surface area contributed by atoms with Gasteiger partial charge in [0.1, 0.15) is 0 Å². The van der Waals surface area contributed by atoms with Crippen molar-refractivity contribution < 1.29 is 13.2 Å². The molecule has 0 aliphatic heterocycles. The minimum absolute atomic E-state index is 0.0945. The quantitative estimate of drug-likeness (QED) is 0.501. The first-order valence-electron chi connectivity index (χ1n) is 4.98. The molecule has 0 radical (unpaired) electrons. The van der Waals surface area contributed by atoms with Gasteiger partial charge < -0.3 is 5.32 Å². The van der Waals surface area contributed by atoms with Gasteiger partial charge in [-0.2, -0.15) is 13.2 Å². The van der Waals surface area contributed by atoms with Crippen LogP contribution in [0.2, 0.25) is 0 Å². The molecule has 0 rings (SSSR count). The average Bonchev–Trinajstić information content (AvgIpc) is 2.08. The van der Waals surface area contributed by atoms with E-state index in [1.54, 1.807) is 12.2 Å². The Morgan fingerprint density at radius 3 is 2.29 bits per heavy atom. The van der Waals surface area contributed by atoms with Gasteiger partial charge in [0, 0.05) is 6.42 Å². The van der Waals surface area contributed by atoms with E-state index >= 15 is 0 Å². The van der Waals surface area contributed by atoms with Gasteiger partial charge in [-0.15, -0.1) is 0 Å². The molecule has 0 aromatic heterocycles. The second-order valence-corrected chi connectivity index (χ2v) is 3.16. The fourth-order valence-corrected chi connectivity index (χ4v) is 0.970. The van der Waals surface area contributed by atoms with E-state index in [0.29, 0.717) is 0 Å². The maximum atomic E-state index is 11.7. The Balaban J connectivity index is 3.20. The fraction of sp³-hybridized carbons (Fsp3) is 0.800. The third kappa shape index (κ3) is 11.5. The van der Waals surface area contributed by atoms with Crippen molar-refractivity contribution >= 4 is 0 Å². The monoisotopic (exact) mass is 209 g/mol. The standard InChI is InChI=1S/C10H18F3N/c1-2-8-14-9-6-4-3-5-7-10(11,12)13/h3-4,14H,2,5-9H2,1H3. The molecule has 0 aliphatic rings. The van der Waals surface area contributed by atoms with Gasteiger partial charge in [-0.05, 0) is 32.4 Å². The Morgan fingerprint density at radius 1 is 1.07 bits per heavy atom. The predicted molar refractivity (Wildman–Crippen MR) is 52.2 cm³/mol. The average molecular weight is 209 g/mol. The molecule has 0 saturated heterocycles. The lowest BCUT2D eigenvalue weighted by molar-refractivity contribution is -0.133. The minimum atomic E-state index is -4.02. The summed E-state index contributed by atoms with van der Waals surface area (Å²) in [6.45, 7) is 3.89. The Hall–Kier alpha value is -0.510. The lowest BCUT2D eigenvalue weighted by Crippen LogP contribution is -2.15. The van der Waals surface area contributed by atoms with E-state index in [-0.39, 0.29) is 6.42 Å². The highest BCUT2D eigenvalue weighted by Gasteiger charge is 2.25. The highest BCUT2D eigenvalue weighted by atomic mass is 19.4. The van der Waals surface area contributed by atoms with E-state index in [0.717, 1.165) is 25.9 Å². The molecule has 4 heteroatoms. The van der Waals surface area contributed by atoms with Crippen LogP contribution in [-0.4, -0.2) is 19.3 Å². The third-order valence-corrected chi connectivity index (χ3v) is 1.68. The summed E-state index contributed by atoms with van der Waals surface area (Å²) in [6.07, 6.45) is 0.638. The summed E-state index contributed by atoms with van der Waals surface area (Å²) >= 11 is 0. The zero-order valence-corrected chi connectivity index (χ0v) is 8.53. The fourth-order valence-electron chi connectivity index (χ4n) is 0.970. The zero-order valence-electron chi connectivity index (χ0n) is 8.53. The molecule has 1 N–H and O–H groups in total. The van der Waals surface area contributed by atoms with Crippen molar-refractivity contribution in [2.24, 2.45) is 0 Å². The Morgan fingerprint density at radius 2 is 1.71 bits per heavy atom. The van der Waals surface area contributed by atoms with Crippen LogP contribution in [0.5, 0.6) is 0 Å². The zero-order chi connectivity index (χ0) is 10.9. The number of hydrogen-bond acceptors (Lipinski definition) is 1. The molecule has 1 nitrogen and oxygen atoms in total. The molecule has 0 atom stereocenters. The van der Waals surface area contributed by atoms with Gasteiger partial charge in [-0.3, -0.25) is 0 Å². The molecule has 14 heavy (non-hydrogen) atoms. The summed E-state index contributed by atoms with van der Waals surface area (Å²) in [4.78, 5) is 0. The maximum absolute atomic E-state index is 11.7. The lowest BCUT2D eigenvalue weighted by atomic mass is 10.2. The Kier molecular flexibility index (Phi) is 7.57. The molecule has 0 amide bonds. The number of halogens is 3. The normalized spacial score (nSPS) is 12.6. The second kappa shape index (κ2) is 7.85. The van der Waals surface area contributed by atoms with Crippen LogP contribution >= 0.6 is 0 Å². The second-order valence-electron chi connectivity index (χ2n) is 3.16. The summed E-state index contributed by atoms with van der Waals surface area (Å²) in [5.41, 5.74) is 0. The van der Waals surface area contributed by atoms with E-state index in [9.17, 15) is 13.2 Å². The van der Waals surface area contributed by atoms with Crippen LogP contribution < -0.4 is 5.32 Å². The van der Waals surface area contributed by atoms with Gasteiger partial charge in [0.15, 0.2) is 0 Å². The maximum Gasteiger partial charge on any atom is 0.389 e. The van der Waals surface area contributed by atoms with Crippen molar-refractivity contribution in [1.82, 2.24) is 5.32 Å². The van der Waals surface area contributed by atoms with Crippen LogP contribution in [-0.2, 0) is 0 Å². The molecular weight excluding hydrogens is 191 g/mol. The number of hydrogen-bond donors (Lipinski definition) is 1. The Labute approximate surface area is 83.4 Å². The van der Waals surface area contributed by atoms with Crippen LogP contribution in [0.25, 0.3) is 0 Å². The summed E-state index contributed by atoms with van der Waals surface area (Å²) in [5.74, 6) is 0. The van der Waals surface area contributed by atoms with Crippen LogP contribution in [0.1, 0.15) is 32.6 Å². The molecule has 0 spiro atoms. The molecule has 0 aliphatic carbocycles. The highest BCUT2D eigenvalue weighted by molar-refractivity contribution is 4.82. The number of allylic oxidation sites excluding steroid dienone is 1. The smallest absolute Gasteiger partial charge is 0.316 e. The largest absolute Gasteiger partial charge is 0.389 e. The van der Waals surface area contributed by atoms with Crippen molar-refractivity contribution in [2.75, 3.05) is 13.1 Å². The van der Waals surface area contributed by atoms with Crippen LogP contribution in [0.3, 0.4) is 0 Å². The molecule has 0 bridgehead atoms. The van der Waals surface area contributed by atoms with E-state index < -0.39 is 12.6 Å². The van der Waals surface area contributed by atoms with Crippen LogP contribution in [0, 0.1) is 0 Å². The first kappa shape index (κ1) is 13.5. The van der Waals surface area contributed by atoms with E-state index in [1.165, 1.54) is 0 Å². The van der Waals surface area contributed by atoms with Crippen molar-refractivity contribution in [3.05, 3.63) is 12.2 Å². The SMILES string of the molecule is CCCNCCC=CCCC(F)(F)F. The van der Waals surface area contributed by atoms with Gasteiger partial charge in [-0.1, -0.05) is 19.1 Å². The number of alkyl halides is 3. The van der Waals surface area contributed by atoms with Crippen LogP contribution in [0.15, 0.2) is 12.2 Å². The number of nitrogens with one attached hydrogen (secondary N) is 1. The number of rotatable bonds is 7. The van der Waals surface area contributed by atoms with Gasteiger partial charge in [0.05, 0.1) is 0 Å². The van der Waals surface area contributed by atoms with E-state index in [4.69, 9.17) is 0 Å². The van der Waals surface area contributed by atoms with Crippen LogP contribution in [0.4, 0.5) is 13.2 Å². The summed E-state index contributed by atoms with van der Waals surface area (Å²) < 4.78 is 35.1. The topological polar surface area (TPSA) is 12.0 Å². The van der Waals surface area contributed by atoms with E-state index in [1.807, 2.05) is 0 Å². The minimum Gasteiger partial charge on any atom is -0.316 e. The summed E-state index contributed by atoms with van der Waals surface area (Å²) in [6, 6.07) is 0. The summed E-state index contributed by atoms with van der Waals surface area (Å²) in [5, 5.41) is 3.17. The van der Waals surface area contributed by atoms with Crippen molar-refractivity contribution in [1.29, 1.82) is 0 Å².